The van der Waals surface area contributed by atoms with Crippen molar-refractivity contribution in [1.29, 1.82) is 5.26 Å². The summed E-state index contributed by atoms with van der Waals surface area (Å²) in [7, 11) is -3.39. The molecule has 1 fully saturated rings. The predicted molar refractivity (Wildman–Crippen MR) is 77.6 cm³/mol. The van der Waals surface area contributed by atoms with Crippen molar-refractivity contribution in [3.05, 3.63) is 15.4 Å². The molecule has 0 N–H and O–H groups in total. The van der Waals surface area contributed by atoms with E-state index in [0.29, 0.717) is 36.9 Å². The van der Waals surface area contributed by atoms with Gasteiger partial charge in [0, 0.05) is 26.2 Å². The van der Waals surface area contributed by atoms with Crippen LogP contribution in [0.1, 0.15) is 5.56 Å². The molecule has 19 heavy (non-hydrogen) atoms. The van der Waals surface area contributed by atoms with Gasteiger partial charge in [-0.1, -0.05) is 0 Å². The van der Waals surface area contributed by atoms with E-state index >= 15 is 0 Å². The summed E-state index contributed by atoms with van der Waals surface area (Å²) in [5.41, 5.74) is 0.937. The molecule has 5 nitrogen and oxygen atoms in total. The summed E-state index contributed by atoms with van der Waals surface area (Å²) in [4.78, 5) is 1.96. The molecular weight excluding hydrogens is 350 g/mol. The molecule has 104 valence electrons. The first-order valence-corrected chi connectivity index (χ1v) is 8.85. The van der Waals surface area contributed by atoms with E-state index < -0.39 is 10.0 Å². The van der Waals surface area contributed by atoms with Crippen LogP contribution in [0.4, 0.5) is 0 Å². The van der Waals surface area contributed by atoms with Gasteiger partial charge in [-0.3, -0.25) is 4.90 Å². The minimum absolute atomic E-state index is 0.359. The molecule has 1 aromatic rings. The molecule has 8 heteroatoms. The number of rotatable bonds is 3. The third-order valence-corrected chi connectivity index (χ3v) is 7.54. The van der Waals surface area contributed by atoms with Crippen LogP contribution in [0, 0.1) is 18.3 Å². The van der Waals surface area contributed by atoms with E-state index in [9.17, 15) is 8.42 Å². The lowest BCUT2D eigenvalue weighted by Crippen LogP contribution is -2.48. The summed E-state index contributed by atoms with van der Waals surface area (Å²) in [5.74, 6) is 0. The first-order chi connectivity index (χ1) is 8.95. The molecule has 2 rings (SSSR count). The lowest BCUT2D eigenvalue weighted by molar-refractivity contribution is 0.206. The molecule has 0 atom stereocenters. The highest BCUT2D eigenvalue weighted by atomic mass is 79.9. The molecule has 1 aliphatic rings. The Morgan fingerprint density at radius 3 is 2.53 bits per heavy atom. The molecular formula is C11H14BrN3O2S2. The zero-order valence-electron chi connectivity index (χ0n) is 10.5. The van der Waals surface area contributed by atoms with E-state index in [0.717, 1.165) is 9.35 Å². The van der Waals surface area contributed by atoms with Crippen LogP contribution in [-0.2, 0) is 10.0 Å². The van der Waals surface area contributed by atoms with Gasteiger partial charge in [0.05, 0.1) is 16.4 Å². The average molecular weight is 364 g/mol. The molecule has 0 spiro atoms. The second kappa shape index (κ2) is 5.89. The van der Waals surface area contributed by atoms with Gasteiger partial charge < -0.3 is 0 Å². The largest absolute Gasteiger partial charge is 0.288 e. The van der Waals surface area contributed by atoms with Crippen molar-refractivity contribution in [3.63, 3.8) is 0 Å². The maximum atomic E-state index is 12.4. The molecule has 0 amide bonds. The maximum absolute atomic E-state index is 12.4. The molecule has 2 heterocycles. The smallest absolute Gasteiger partial charge is 0.252 e. The number of thiophene rings is 1. The quantitative estimate of drug-likeness (QED) is 0.765. The van der Waals surface area contributed by atoms with Gasteiger partial charge in [0.15, 0.2) is 0 Å². The van der Waals surface area contributed by atoms with E-state index in [-0.39, 0.29) is 0 Å². The Kier molecular flexibility index (Phi) is 4.63. The number of halogens is 1. The number of nitriles is 1. The molecule has 0 aliphatic carbocycles. The van der Waals surface area contributed by atoms with Gasteiger partial charge >= 0.3 is 0 Å². The lowest BCUT2D eigenvalue weighted by atomic mass is 10.4. The SMILES string of the molecule is Cc1cc(S(=O)(=O)N2CCN(CC#N)CC2)sc1Br. The summed E-state index contributed by atoms with van der Waals surface area (Å²) in [6.45, 7) is 4.34. The van der Waals surface area contributed by atoms with Gasteiger partial charge in [-0.05, 0) is 34.5 Å². The van der Waals surface area contributed by atoms with E-state index in [4.69, 9.17) is 5.26 Å². The van der Waals surface area contributed by atoms with E-state index in [1.54, 1.807) is 6.07 Å². The Labute approximate surface area is 125 Å². The fourth-order valence-electron chi connectivity index (χ4n) is 1.91. The molecule has 0 aromatic carbocycles. The minimum atomic E-state index is -3.39. The van der Waals surface area contributed by atoms with Crippen LogP contribution in [0.5, 0.6) is 0 Å². The highest BCUT2D eigenvalue weighted by molar-refractivity contribution is 9.11. The first-order valence-electron chi connectivity index (χ1n) is 5.80. The predicted octanol–water partition coefficient (Wildman–Crippen LogP) is 1.65. The lowest BCUT2D eigenvalue weighted by Gasteiger charge is -2.32. The Balaban J connectivity index is 2.12. The van der Waals surface area contributed by atoms with Crippen molar-refractivity contribution in [2.24, 2.45) is 0 Å². The van der Waals surface area contributed by atoms with Crippen LogP contribution in [-0.4, -0.2) is 50.3 Å². The van der Waals surface area contributed by atoms with Crippen molar-refractivity contribution < 1.29 is 8.42 Å². The third-order valence-electron chi connectivity index (χ3n) is 3.05. The highest BCUT2D eigenvalue weighted by Crippen LogP contribution is 2.32. The number of piperazine rings is 1. The van der Waals surface area contributed by atoms with Crippen LogP contribution < -0.4 is 0 Å². The minimum Gasteiger partial charge on any atom is -0.288 e. The molecule has 0 bridgehead atoms. The second-order valence-corrected chi connectivity index (χ2v) is 8.90. The molecule has 0 radical (unpaired) electrons. The highest BCUT2D eigenvalue weighted by Gasteiger charge is 2.29. The van der Waals surface area contributed by atoms with Crippen LogP contribution in [0.15, 0.2) is 14.1 Å². The van der Waals surface area contributed by atoms with Gasteiger partial charge in [0.2, 0.25) is 0 Å². The van der Waals surface area contributed by atoms with Crippen molar-refractivity contribution in [2.45, 2.75) is 11.1 Å². The number of sulfonamides is 1. The second-order valence-electron chi connectivity index (χ2n) is 4.36. The Morgan fingerprint density at radius 1 is 1.42 bits per heavy atom. The van der Waals surface area contributed by atoms with E-state index in [2.05, 4.69) is 22.0 Å². The third kappa shape index (κ3) is 3.17. The number of hydrogen-bond donors (Lipinski definition) is 0. The number of aryl methyl sites for hydroxylation is 1. The molecule has 0 saturated carbocycles. The van der Waals surface area contributed by atoms with Gasteiger partial charge in [0.25, 0.3) is 10.0 Å². The Hall–Kier alpha value is -0.460. The van der Waals surface area contributed by atoms with Crippen molar-refractivity contribution in [1.82, 2.24) is 9.21 Å². The van der Waals surface area contributed by atoms with Gasteiger partial charge in [0.1, 0.15) is 4.21 Å². The summed E-state index contributed by atoms with van der Waals surface area (Å²) >= 11 is 4.60. The van der Waals surface area contributed by atoms with Crippen molar-refractivity contribution in [2.75, 3.05) is 32.7 Å². The standard InChI is InChI=1S/C11H14BrN3O2S2/c1-9-8-10(18-11(9)12)19(16,17)15-6-4-14(3-2-13)5-7-15/h8H,3-7H2,1H3. The Morgan fingerprint density at radius 2 is 2.05 bits per heavy atom. The summed E-state index contributed by atoms with van der Waals surface area (Å²) in [6.07, 6.45) is 0. The van der Waals surface area contributed by atoms with Crippen molar-refractivity contribution >= 4 is 37.3 Å². The monoisotopic (exact) mass is 363 g/mol. The summed E-state index contributed by atoms with van der Waals surface area (Å²) in [6, 6.07) is 3.79. The topological polar surface area (TPSA) is 64.4 Å². The van der Waals surface area contributed by atoms with E-state index in [1.165, 1.54) is 15.6 Å². The fraction of sp³-hybridized carbons (Fsp3) is 0.545. The molecule has 1 saturated heterocycles. The number of nitrogens with zero attached hydrogens (tertiary/aromatic N) is 3. The van der Waals surface area contributed by atoms with E-state index in [1.807, 2.05) is 11.8 Å². The normalized spacial score (nSPS) is 18.4. The maximum Gasteiger partial charge on any atom is 0.252 e. The van der Waals surface area contributed by atoms with Crippen LogP contribution in [0.2, 0.25) is 0 Å². The van der Waals surface area contributed by atoms with Crippen LogP contribution >= 0.6 is 27.3 Å². The zero-order valence-corrected chi connectivity index (χ0v) is 13.7. The molecule has 1 aromatic heterocycles. The summed E-state index contributed by atoms with van der Waals surface area (Å²) < 4.78 is 27.6. The molecule has 0 unspecified atom stereocenters. The van der Waals surface area contributed by atoms with Crippen LogP contribution in [0.25, 0.3) is 0 Å². The average Bonchev–Trinajstić information content (AvgIpc) is 2.71. The fourth-order valence-corrected chi connectivity index (χ4v) is 5.72. The van der Waals surface area contributed by atoms with Gasteiger partial charge in [-0.15, -0.1) is 11.3 Å². The zero-order chi connectivity index (χ0) is 14.0. The first kappa shape index (κ1) is 14.9. The Bertz CT molecular complexity index is 578. The van der Waals surface area contributed by atoms with Crippen LogP contribution in [0.3, 0.4) is 0 Å². The summed E-state index contributed by atoms with van der Waals surface area (Å²) in [5, 5.41) is 8.63. The van der Waals surface area contributed by atoms with Gasteiger partial charge in [-0.2, -0.15) is 9.57 Å². The van der Waals surface area contributed by atoms with Gasteiger partial charge in [-0.25, -0.2) is 8.42 Å². The van der Waals surface area contributed by atoms with Crippen molar-refractivity contribution in [3.8, 4) is 6.07 Å². The molecule has 1 aliphatic heterocycles. The number of hydrogen-bond acceptors (Lipinski definition) is 5.